The monoisotopic (exact) mass is 408 g/mol. The van der Waals surface area contributed by atoms with Crippen molar-refractivity contribution < 1.29 is 5.11 Å². The zero-order chi connectivity index (χ0) is 21.3. The van der Waals surface area contributed by atoms with Gasteiger partial charge >= 0.3 is 0 Å². The number of aromatic nitrogens is 6. The zero-order valence-electron chi connectivity index (χ0n) is 17.9. The lowest BCUT2D eigenvalue weighted by Gasteiger charge is -2.48. The SMILES string of the molecule is Cc1cn(-c2nccc(N3CCN(c4ccnc(CCO)n4)C(C)(C)C3)n2)c(C)n1. The van der Waals surface area contributed by atoms with E-state index in [9.17, 15) is 5.11 Å². The summed E-state index contributed by atoms with van der Waals surface area (Å²) in [5, 5.41) is 9.19. The molecular formula is C21H28N8O. The number of aliphatic hydroxyl groups is 1. The van der Waals surface area contributed by atoms with Crippen LogP contribution in [0.2, 0.25) is 0 Å². The van der Waals surface area contributed by atoms with Gasteiger partial charge < -0.3 is 14.9 Å². The van der Waals surface area contributed by atoms with Crippen LogP contribution in [0.5, 0.6) is 0 Å². The highest BCUT2D eigenvalue weighted by Gasteiger charge is 2.35. The van der Waals surface area contributed by atoms with E-state index in [0.717, 1.165) is 42.8 Å². The Kier molecular flexibility index (Phi) is 5.38. The van der Waals surface area contributed by atoms with Gasteiger partial charge in [0, 0.05) is 44.6 Å². The van der Waals surface area contributed by atoms with Crippen LogP contribution in [0.15, 0.2) is 30.7 Å². The van der Waals surface area contributed by atoms with Crippen molar-refractivity contribution in [2.24, 2.45) is 0 Å². The van der Waals surface area contributed by atoms with Gasteiger partial charge in [0.15, 0.2) is 0 Å². The van der Waals surface area contributed by atoms with Gasteiger partial charge in [-0.05, 0) is 39.8 Å². The van der Waals surface area contributed by atoms with Gasteiger partial charge in [0.05, 0.1) is 17.8 Å². The molecule has 0 atom stereocenters. The average molecular weight is 409 g/mol. The van der Waals surface area contributed by atoms with Crippen molar-refractivity contribution in [2.75, 3.05) is 36.0 Å². The normalized spacial score (nSPS) is 16.2. The number of imidazole rings is 1. The second-order valence-corrected chi connectivity index (χ2v) is 8.20. The van der Waals surface area contributed by atoms with Crippen molar-refractivity contribution in [3.63, 3.8) is 0 Å². The molecule has 3 aromatic heterocycles. The lowest BCUT2D eigenvalue weighted by Crippen LogP contribution is -2.60. The van der Waals surface area contributed by atoms with Gasteiger partial charge in [0.25, 0.3) is 0 Å². The van der Waals surface area contributed by atoms with Crippen molar-refractivity contribution in [2.45, 2.75) is 39.7 Å². The minimum atomic E-state index is -0.157. The summed E-state index contributed by atoms with van der Waals surface area (Å²) in [7, 11) is 0. The summed E-state index contributed by atoms with van der Waals surface area (Å²) in [4.78, 5) is 27.2. The maximum absolute atomic E-state index is 9.19. The van der Waals surface area contributed by atoms with Crippen LogP contribution in [0.4, 0.5) is 11.6 Å². The molecule has 4 heterocycles. The van der Waals surface area contributed by atoms with Crippen LogP contribution in [-0.4, -0.2) is 66.4 Å². The first-order chi connectivity index (χ1) is 14.4. The van der Waals surface area contributed by atoms with Crippen molar-refractivity contribution >= 4 is 11.6 Å². The van der Waals surface area contributed by atoms with Gasteiger partial charge in [-0.2, -0.15) is 4.98 Å². The van der Waals surface area contributed by atoms with Crippen molar-refractivity contribution in [3.05, 3.63) is 48.1 Å². The molecule has 158 valence electrons. The summed E-state index contributed by atoms with van der Waals surface area (Å²) in [6.45, 7) is 10.8. The lowest BCUT2D eigenvalue weighted by molar-refractivity contribution is 0.296. The van der Waals surface area contributed by atoms with Gasteiger partial charge in [-0.1, -0.05) is 0 Å². The Morgan fingerprint density at radius 1 is 1.00 bits per heavy atom. The van der Waals surface area contributed by atoms with Crippen LogP contribution in [0.25, 0.3) is 5.95 Å². The molecule has 1 fully saturated rings. The predicted octanol–water partition coefficient (Wildman–Crippen LogP) is 1.71. The van der Waals surface area contributed by atoms with E-state index in [1.165, 1.54) is 0 Å². The summed E-state index contributed by atoms with van der Waals surface area (Å²) in [6, 6.07) is 3.89. The van der Waals surface area contributed by atoms with E-state index in [-0.39, 0.29) is 12.1 Å². The van der Waals surface area contributed by atoms with Gasteiger partial charge in [-0.15, -0.1) is 0 Å². The number of anilines is 2. The van der Waals surface area contributed by atoms with E-state index in [1.54, 1.807) is 12.4 Å². The number of rotatable bonds is 5. The Balaban J connectivity index is 1.56. The van der Waals surface area contributed by atoms with Crippen LogP contribution in [-0.2, 0) is 6.42 Å². The van der Waals surface area contributed by atoms with Gasteiger partial charge in [-0.25, -0.2) is 19.9 Å². The minimum Gasteiger partial charge on any atom is -0.396 e. The summed E-state index contributed by atoms with van der Waals surface area (Å²) >= 11 is 0. The second-order valence-electron chi connectivity index (χ2n) is 8.20. The topological polar surface area (TPSA) is 96.1 Å². The first-order valence-electron chi connectivity index (χ1n) is 10.2. The summed E-state index contributed by atoms with van der Waals surface area (Å²) in [5.41, 5.74) is 0.789. The molecule has 0 spiro atoms. The first-order valence-corrected chi connectivity index (χ1v) is 10.2. The number of nitrogens with zero attached hydrogens (tertiary/aromatic N) is 8. The van der Waals surface area contributed by atoms with E-state index in [4.69, 9.17) is 4.98 Å². The summed E-state index contributed by atoms with van der Waals surface area (Å²) in [6.07, 6.45) is 5.99. The molecule has 9 heteroatoms. The molecule has 3 aromatic rings. The molecule has 0 bridgehead atoms. The lowest BCUT2D eigenvalue weighted by atomic mass is 9.98. The van der Waals surface area contributed by atoms with E-state index in [1.807, 2.05) is 36.7 Å². The van der Waals surface area contributed by atoms with Crippen LogP contribution in [0.1, 0.15) is 31.2 Å². The standard InChI is InChI=1S/C21H28N8O/c1-15-13-28(16(2)24-15)20-23-9-5-18(26-20)27-10-11-29(21(3,4)14-27)19-6-8-22-17(25-19)7-12-30/h5-6,8-9,13,30H,7,10-12,14H2,1-4H3. The number of piperazine rings is 1. The predicted molar refractivity (Wildman–Crippen MR) is 115 cm³/mol. The molecule has 1 N–H and O–H groups in total. The first kappa shape index (κ1) is 20.2. The number of aryl methyl sites for hydroxylation is 2. The van der Waals surface area contributed by atoms with Crippen LogP contribution in [0, 0.1) is 13.8 Å². The van der Waals surface area contributed by atoms with Gasteiger partial charge in [0.1, 0.15) is 23.3 Å². The summed E-state index contributed by atoms with van der Waals surface area (Å²) < 4.78 is 1.92. The Hall–Kier alpha value is -3.07. The van der Waals surface area contributed by atoms with Crippen LogP contribution < -0.4 is 9.80 Å². The molecule has 1 aliphatic heterocycles. The molecule has 0 aromatic carbocycles. The van der Waals surface area contributed by atoms with Gasteiger partial charge in [-0.3, -0.25) is 4.57 Å². The van der Waals surface area contributed by atoms with E-state index >= 15 is 0 Å². The fourth-order valence-corrected chi connectivity index (χ4v) is 3.99. The van der Waals surface area contributed by atoms with E-state index in [2.05, 4.69) is 43.6 Å². The third kappa shape index (κ3) is 3.97. The molecule has 0 aliphatic carbocycles. The summed E-state index contributed by atoms with van der Waals surface area (Å²) in [5.74, 6) is 3.97. The Morgan fingerprint density at radius 3 is 2.47 bits per heavy atom. The highest BCUT2D eigenvalue weighted by Crippen LogP contribution is 2.28. The Labute approximate surface area is 176 Å². The molecular weight excluding hydrogens is 380 g/mol. The third-order valence-corrected chi connectivity index (χ3v) is 5.38. The maximum Gasteiger partial charge on any atom is 0.237 e. The second kappa shape index (κ2) is 7.98. The molecule has 0 radical (unpaired) electrons. The highest BCUT2D eigenvalue weighted by atomic mass is 16.3. The molecule has 1 saturated heterocycles. The van der Waals surface area contributed by atoms with Gasteiger partial charge in [0.2, 0.25) is 5.95 Å². The van der Waals surface area contributed by atoms with E-state index < -0.39 is 0 Å². The van der Waals surface area contributed by atoms with Crippen LogP contribution >= 0.6 is 0 Å². The van der Waals surface area contributed by atoms with Crippen molar-refractivity contribution in [3.8, 4) is 5.95 Å². The van der Waals surface area contributed by atoms with E-state index in [0.29, 0.717) is 18.2 Å². The van der Waals surface area contributed by atoms with Crippen LogP contribution in [0.3, 0.4) is 0 Å². The molecule has 4 rings (SSSR count). The smallest absolute Gasteiger partial charge is 0.237 e. The highest BCUT2D eigenvalue weighted by molar-refractivity contribution is 5.48. The average Bonchev–Trinajstić information content (AvgIpc) is 3.06. The quantitative estimate of drug-likeness (QED) is 0.682. The largest absolute Gasteiger partial charge is 0.396 e. The number of hydrogen-bond acceptors (Lipinski definition) is 8. The zero-order valence-corrected chi connectivity index (χ0v) is 17.9. The molecule has 0 amide bonds. The third-order valence-electron chi connectivity index (χ3n) is 5.38. The maximum atomic E-state index is 9.19. The Morgan fingerprint density at radius 2 is 1.77 bits per heavy atom. The number of aliphatic hydroxyl groups excluding tert-OH is 1. The van der Waals surface area contributed by atoms with Crippen molar-refractivity contribution in [1.29, 1.82) is 0 Å². The molecule has 0 unspecified atom stereocenters. The molecule has 9 nitrogen and oxygen atoms in total. The fraction of sp³-hybridized carbons (Fsp3) is 0.476. The fourth-order valence-electron chi connectivity index (χ4n) is 3.99. The van der Waals surface area contributed by atoms with Crippen molar-refractivity contribution in [1.82, 2.24) is 29.5 Å². The minimum absolute atomic E-state index is 0.0482. The molecule has 30 heavy (non-hydrogen) atoms. The molecule has 0 saturated carbocycles. The Bertz CT molecular complexity index is 1030. The molecule has 1 aliphatic rings. The number of hydrogen-bond donors (Lipinski definition) is 1.